The molecule has 0 saturated heterocycles. The van der Waals surface area contributed by atoms with Crippen molar-refractivity contribution in [1.82, 2.24) is 4.98 Å². The van der Waals surface area contributed by atoms with Crippen LogP contribution >= 0.6 is 27.5 Å². The fourth-order valence-corrected chi connectivity index (χ4v) is 2.08. The van der Waals surface area contributed by atoms with E-state index in [1.54, 1.807) is 0 Å². The van der Waals surface area contributed by atoms with Crippen molar-refractivity contribution >= 4 is 38.3 Å². The van der Waals surface area contributed by atoms with Gasteiger partial charge in [0, 0.05) is 0 Å². The predicted molar refractivity (Wildman–Crippen MR) is 49.4 cm³/mol. The number of halogens is 5. The topological polar surface area (TPSA) is 30.0 Å². The van der Waals surface area contributed by atoms with E-state index in [-0.39, 0.29) is 4.60 Å². The van der Waals surface area contributed by atoms with Crippen molar-refractivity contribution in [2.45, 2.75) is 10.4 Å². The van der Waals surface area contributed by atoms with E-state index >= 15 is 0 Å². The van der Waals surface area contributed by atoms with Crippen LogP contribution in [-0.2, 0) is 10.8 Å². The molecule has 0 aliphatic rings. The molecule has 0 spiro atoms. The van der Waals surface area contributed by atoms with Gasteiger partial charge in [-0.15, -0.1) is 0 Å². The van der Waals surface area contributed by atoms with Crippen LogP contribution in [0.5, 0.6) is 0 Å². The van der Waals surface area contributed by atoms with Crippen LogP contribution in [0.4, 0.5) is 13.2 Å². The molecule has 1 heterocycles. The van der Waals surface area contributed by atoms with Gasteiger partial charge in [0.25, 0.3) is 0 Å². The van der Waals surface area contributed by atoms with Gasteiger partial charge >= 0.3 is 5.51 Å². The molecule has 2 nitrogen and oxygen atoms in total. The number of alkyl halides is 3. The molecule has 1 atom stereocenters. The average Bonchev–Trinajstić information content (AvgIpc) is 2.01. The maximum Gasteiger partial charge on any atom is 0.475 e. The fraction of sp³-hybridized carbons (Fsp3) is 0.167. The molecular weight excluding hydrogens is 306 g/mol. The average molecular weight is 309 g/mol. The molecular formula is C6H2BrClF3NOS. The first-order valence-electron chi connectivity index (χ1n) is 3.13. The van der Waals surface area contributed by atoms with Crippen LogP contribution in [0.2, 0.25) is 5.15 Å². The number of hydrogen-bond acceptors (Lipinski definition) is 2. The zero-order valence-electron chi connectivity index (χ0n) is 6.31. The monoisotopic (exact) mass is 307 g/mol. The van der Waals surface area contributed by atoms with Gasteiger partial charge in [-0.2, -0.15) is 13.2 Å². The van der Waals surface area contributed by atoms with Gasteiger partial charge in [0.05, 0.1) is 4.90 Å². The van der Waals surface area contributed by atoms with Gasteiger partial charge in [0.1, 0.15) is 9.76 Å². The SMILES string of the molecule is O=[S@@](c1ccc(Br)nc1Cl)C(F)(F)F. The molecule has 1 aromatic rings. The Bertz CT molecular complexity index is 384. The lowest BCUT2D eigenvalue weighted by molar-refractivity contribution is -0.0384. The lowest BCUT2D eigenvalue weighted by Crippen LogP contribution is -2.16. The summed E-state index contributed by atoms with van der Waals surface area (Å²) in [6.07, 6.45) is 0. The Kier molecular flexibility index (Phi) is 3.54. The van der Waals surface area contributed by atoms with Gasteiger partial charge in [-0.05, 0) is 28.1 Å². The minimum absolute atomic E-state index is 0.283. The molecule has 0 unspecified atom stereocenters. The molecule has 0 saturated carbocycles. The van der Waals surface area contributed by atoms with E-state index in [2.05, 4.69) is 20.9 Å². The number of pyridine rings is 1. The maximum atomic E-state index is 12.0. The van der Waals surface area contributed by atoms with Gasteiger partial charge in [0.2, 0.25) is 0 Å². The van der Waals surface area contributed by atoms with Crippen molar-refractivity contribution in [3.63, 3.8) is 0 Å². The van der Waals surface area contributed by atoms with E-state index in [4.69, 9.17) is 11.6 Å². The fourth-order valence-electron chi connectivity index (χ4n) is 0.662. The Labute approximate surface area is 93.1 Å². The summed E-state index contributed by atoms with van der Waals surface area (Å²) in [6.45, 7) is 0. The molecule has 0 aliphatic carbocycles. The number of nitrogens with zero attached hydrogens (tertiary/aromatic N) is 1. The summed E-state index contributed by atoms with van der Waals surface area (Å²) < 4.78 is 47.2. The standard InChI is InChI=1S/C6H2BrClF3NOS/c7-4-2-1-3(5(8)12-4)14(13)6(9,10)11/h1-2H/t14-/m0/s1. The third kappa shape index (κ3) is 2.68. The van der Waals surface area contributed by atoms with Crippen LogP contribution in [-0.4, -0.2) is 14.7 Å². The second-order valence-electron chi connectivity index (χ2n) is 2.14. The summed E-state index contributed by atoms with van der Waals surface area (Å²) in [4.78, 5) is 2.96. The minimum Gasteiger partial charge on any atom is -0.245 e. The Balaban J connectivity index is 3.15. The van der Waals surface area contributed by atoms with E-state index in [0.29, 0.717) is 0 Å². The molecule has 78 valence electrons. The van der Waals surface area contributed by atoms with Gasteiger partial charge in [-0.3, -0.25) is 0 Å². The summed E-state index contributed by atoms with van der Waals surface area (Å²) in [6, 6.07) is 2.26. The predicted octanol–water partition coefficient (Wildman–Crippen LogP) is 3.12. The second kappa shape index (κ2) is 4.16. The first kappa shape index (κ1) is 11.9. The van der Waals surface area contributed by atoms with Crippen molar-refractivity contribution in [1.29, 1.82) is 0 Å². The summed E-state index contributed by atoms with van der Waals surface area (Å²) in [5.41, 5.74) is -4.82. The van der Waals surface area contributed by atoms with E-state index in [1.807, 2.05) is 0 Å². The second-order valence-corrected chi connectivity index (χ2v) is 4.75. The van der Waals surface area contributed by atoms with Crippen LogP contribution in [0.3, 0.4) is 0 Å². The molecule has 1 aromatic heterocycles. The van der Waals surface area contributed by atoms with Gasteiger partial charge in [-0.25, -0.2) is 9.19 Å². The Morgan fingerprint density at radius 3 is 2.43 bits per heavy atom. The molecule has 0 amide bonds. The normalized spacial score (nSPS) is 14.1. The summed E-state index contributed by atoms with van der Waals surface area (Å²) in [7, 11) is -3.14. The molecule has 0 fully saturated rings. The summed E-state index contributed by atoms with van der Waals surface area (Å²) >= 11 is 8.32. The molecule has 0 aliphatic heterocycles. The molecule has 0 aromatic carbocycles. The quantitative estimate of drug-likeness (QED) is 0.746. The smallest absolute Gasteiger partial charge is 0.245 e. The molecule has 0 bridgehead atoms. The largest absolute Gasteiger partial charge is 0.475 e. The van der Waals surface area contributed by atoms with Crippen LogP contribution in [0, 0.1) is 0 Å². The highest BCUT2D eigenvalue weighted by Gasteiger charge is 2.39. The van der Waals surface area contributed by atoms with Crippen LogP contribution in [0.25, 0.3) is 0 Å². The third-order valence-corrected chi connectivity index (χ3v) is 3.18. The van der Waals surface area contributed by atoms with E-state index in [1.165, 1.54) is 6.07 Å². The lowest BCUT2D eigenvalue weighted by Gasteiger charge is -2.06. The highest BCUT2D eigenvalue weighted by Crippen LogP contribution is 2.30. The highest BCUT2D eigenvalue weighted by molar-refractivity contribution is 9.10. The third-order valence-electron chi connectivity index (χ3n) is 1.19. The maximum absolute atomic E-state index is 12.0. The van der Waals surface area contributed by atoms with Gasteiger partial charge in [-0.1, -0.05) is 11.6 Å². The van der Waals surface area contributed by atoms with Gasteiger partial charge in [0.15, 0.2) is 10.8 Å². The molecule has 1 rings (SSSR count). The zero-order valence-corrected chi connectivity index (χ0v) is 9.47. The van der Waals surface area contributed by atoms with E-state index in [0.717, 1.165) is 6.07 Å². The first-order chi connectivity index (χ1) is 6.32. The number of hydrogen-bond donors (Lipinski definition) is 0. The Hall–Kier alpha value is -0.140. The number of rotatable bonds is 1. The Morgan fingerprint density at radius 2 is 2.00 bits per heavy atom. The van der Waals surface area contributed by atoms with Crippen LogP contribution in [0.1, 0.15) is 0 Å². The van der Waals surface area contributed by atoms with E-state index < -0.39 is 26.4 Å². The molecule has 8 heteroatoms. The van der Waals surface area contributed by atoms with Crippen LogP contribution < -0.4 is 0 Å². The van der Waals surface area contributed by atoms with E-state index in [9.17, 15) is 17.4 Å². The van der Waals surface area contributed by atoms with Gasteiger partial charge < -0.3 is 0 Å². The summed E-state index contributed by atoms with van der Waals surface area (Å²) in [5.74, 6) is 0. The van der Waals surface area contributed by atoms with Crippen molar-refractivity contribution in [3.8, 4) is 0 Å². The molecule has 0 N–H and O–H groups in total. The van der Waals surface area contributed by atoms with Crippen molar-refractivity contribution < 1.29 is 17.4 Å². The highest BCUT2D eigenvalue weighted by atomic mass is 79.9. The first-order valence-corrected chi connectivity index (χ1v) is 5.45. The van der Waals surface area contributed by atoms with Crippen molar-refractivity contribution in [2.24, 2.45) is 0 Å². The van der Waals surface area contributed by atoms with Crippen molar-refractivity contribution in [2.75, 3.05) is 0 Å². The minimum atomic E-state index is -4.82. The lowest BCUT2D eigenvalue weighted by atomic mass is 10.5. The van der Waals surface area contributed by atoms with Crippen LogP contribution in [0.15, 0.2) is 21.6 Å². The molecule has 0 radical (unpaired) electrons. The zero-order chi connectivity index (χ0) is 10.9. The molecule has 14 heavy (non-hydrogen) atoms. The van der Waals surface area contributed by atoms with Crippen molar-refractivity contribution in [3.05, 3.63) is 21.9 Å². The summed E-state index contributed by atoms with van der Waals surface area (Å²) in [5, 5.41) is -0.421. The Morgan fingerprint density at radius 1 is 1.43 bits per heavy atom. The number of aromatic nitrogens is 1.